The van der Waals surface area contributed by atoms with E-state index in [9.17, 15) is 0 Å². The highest BCUT2D eigenvalue weighted by Gasteiger charge is 2.03. The number of benzene rings is 1. The topological polar surface area (TPSA) is 32.3 Å². The lowest BCUT2D eigenvalue weighted by Gasteiger charge is -2.13. The van der Waals surface area contributed by atoms with Crippen LogP contribution in [0, 0.1) is 0 Å². The molecule has 0 spiro atoms. The Balaban J connectivity index is 2.80. The number of anilines is 1. The Morgan fingerprint density at radius 3 is 2.36 bits per heavy atom. The van der Waals surface area contributed by atoms with Crippen molar-refractivity contribution in [2.24, 2.45) is 0 Å². The van der Waals surface area contributed by atoms with Crippen molar-refractivity contribution in [2.75, 3.05) is 11.9 Å². The Hall–Kier alpha value is -0.320. The molecule has 0 aliphatic heterocycles. The highest BCUT2D eigenvalue weighted by Crippen LogP contribution is 2.23. The zero-order valence-electron chi connectivity index (χ0n) is 7.50. The third kappa shape index (κ3) is 3.44. The molecule has 0 aliphatic carbocycles. The van der Waals surface area contributed by atoms with Gasteiger partial charge in [0.2, 0.25) is 0 Å². The highest BCUT2D eigenvalue weighted by molar-refractivity contribution is 9.11. The second-order valence-electron chi connectivity index (χ2n) is 2.83. The molecule has 0 heterocycles. The molecule has 1 aromatic rings. The van der Waals surface area contributed by atoms with Crippen molar-refractivity contribution in [1.82, 2.24) is 0 Å². The van der Waals surface area contributed by atoms with Gasteiger partial charge in [0.05, 0.1) is 12.6 Å². The molecule has 0 amide bonds. The van der Waals surface area contributed by atoms with Gasteiger partial charge in [0.1, 0.15) is 0 Å². The minimum Gasteiger partial charge on any atom is -0.394 e. The van der Waals surface area contributed by atoms with Gasteiger partial charge < -0.3 is 10.4 Å². The van der Waals surface area contributed by atoms with Crippen molar-refractivity contribution in [1.29, 1.82) is 0 Å². The molecule has 2 nitrogen and oxygen atoms in total. The van der Waals surface area contributed by atoms with Crippen LogP contribution >= 0.6 is 31.9 Å². The Morgan fingerprint density at radius 1 is 1.36 bits per heavy atom. The molecule has 14 heavy (non-hydrogen) atoms. The van der Waals surface area contributed by atoms with Crippen molar-refractivity contribution < 1.29 is 5.11 Å². The number of nitrogens with one attached hydrogen (secondary N) is 1. The average molecular weight is 321 g/mol. The first-order valence-electron chi connectivity index (χ1n) is 4.11. The van der Waals surface area contributed by atoms with Crippen LogP contribution in [0.2, 0.25) is 0 Å². The first kappa shape index (κ1) is 11.8. The van der Waals surface area contributed by atoms with Gasteiger partial charge in [-0.25, -0.2) is 0 Å². The summed E-state index contributed by atoms with van der Waals surface area (Å²) >= 11 is 6.78. The van der Waals surface area contributed by atoms with E-state index in [0.29, 0.717) is 0 Å². The molecular weight excluding hydrogens is 310 g/mol. The molecule has 1 atom stereocenters. The van der Waals surface area contributed by atoms with Gasteiger partial charge in [-0.2, -0.15) is 0 Å². The van der Waals surface area contributed by atoms with Crippen LogP contribution in [0.25, 0.3) is 0 Å². The lowest BCUT2D eigenvalue weighted by Crippen LogP contribution is -2.20. The summed E-state index contributed by atoms with van der Waals surface area (Å²) in [6, 6.07) is 5.72. The van der Waals surface area contributed by atoms with E-state index in [4.69, 9.17) is 5.11 Å². The number of aliphatic hydroxyl groups is 1. The molecule has 4 heteroatoms. The summed E-state index contributed by atoms with van der Waals surface area (Å²) in [6.07, 6.45) is 1.68. The molecule has 0 aromatic heterocycles. The molecular formula is C10H11Br2NO. The lowest BCUT2D eigenvalue weighted by molar-refractivity contribution is 0.291. The summed E-state index contributed by atoms with van der Waals surface area (Å²) in [7, 11) is 0. The standard InChI is InChI=1S/C10H11Br2NO/c1-2-9(6-14)13-10-4-7(11)3-8(12)5-10/h2-5,9,13-14H,1,6H2. The molecule has 0 radical (unpaired) electrons. The predicted octanol–water partition coefficient (Wildman–Crippen LogP) is 3.17. The zero-order chi connectivity index (χ0) is 10.6. The molecule has 1 unspecified atom stereocenters. The van der Waals surface area contributed by atoms with E-state index in [0.717, 1.165) is 14.6 Å². The van der Waals surface area contributed by atoms with E-state index in [1.165, 1.54) is 0 Å². The second-order valence-corrected chi connectivity index (χ2v) is 4.66. The van der Waals surface area contributed by atoms with E-state index in [1.54, 1.807) is 6.08 Å². The normalized spacial score (nSPS) is 12.2. The number of halogens is 2. The van der Waals surface area contributed by atoms with Crippen LogP contribution in [0.15, 0.2) is 39.8 Å². The van der Waals surface area contributed by atoms with Gasteiger partial charge in [-0.05, 0) is 18.2 Å². The molecule has 0 saturated heterocycles. The van der Waals surface area contributed by atoms with Gasteiger partial charge in [0.15, 0.2) is 0 Å². The Morgan fingerprint density at radius 2 is 1.93 bits per heavy atom. The predicted molar refractivity (Wildman–Crippen MR) is 66.5 cm³/mol. The Bertz CT molecular complexity index is 308. The first-order valence-corrected chi connectivity index (χ1v) is 5.70. The van der Waals surface area contributed by atoms with Crippen molar-refractivity contribution in [3.63, 3.8) is 0 Å². The molecule has 0 saturated carbocycles. The number of aliphatic hydroxyl groups excluding tert-OH is 1. The summed E-state index contributed by atoms with van der Waals surface area (Å²) in [4.78, 5) is 0. The van der Waals surface area contributed by atoms with E-state index >= 15 is 0 Å². The molecule has 0 bridgehead atoms. The minimum atomic E-state index is -0.115. The summed E-state index contributed by atoms with van der Waals surface area (Å²) in [5, 5.41) is 12.1. The van der Waals surface area contributed by atoms with Crippen LogP contribution in [0.1, 0.15) is 0 Å². The molecule has 1 rings (SSSR count). The fourth-order valence-corrected chi connectivity index (χ4v) is 2.32. The van der Waals surface area contributed by atoms with Crippen molar-refractivity contribution in [3.8, 4) is 0 Å². The highest BCUT2D eigenvalue weighted by atomic mass is 79.9. The van der Waals surface area contributed by atoms with Crippen LogP contribution < -0.4 is 5.32 Å². The first-order chi connectivity index (χ1) is 6.65. The van der Waals surface area contributed by atoms with Crippen molar-refractivity contribution >= 4 is 37.5 Å². The van der Waals surface area contributed by atoms with Crippen molar-refractivity contribution in [3.05, 3.63) is 39.8 Å². The van der Waals surface area contributed by atoms with E-state index < -0.39 is 0 Å². The minimum absolute atomic E-state index is 0.0353. The van der Waals surface area contributed by atoms with Gasteiger partial charge >= 0.3 is 0 Å². The maximum Gasteiger partial charge on any atom is 0.0673 e. The number of hydrogen-bond donors (Lipinski definition) is 2. The van der Waals surface area contributed by atoms with Crippen LogP contribution in [0.3, 0.4) is 0 Å². The fraction of sp³-hybridized carbons (Fsp3) is 0.200. The SMILES string of the molecule is C=CC(CO)Nc1cc(Br)cc(Br)c1. The van der Waals surface area contributed by atoms with Crippen LogP contribution in [-0.4, -0.2) is 17.8 Å². The molecule has 1 aromatic carbocycles. The third-order valence-corrected chi connectivity index (χ3v) is 2.61. The third-order valence-electron chi connectivity index (χ3n) is 1.70. The molecule has 76 valence electrons. The largest absolute Gasteiger partial charge is 0.394 e. The van der Waals surface area contributed by atoms with Gasteiger partial charge in [0.25, 0.3) is 0 Å². The van der Waals surface area contributed by atoms with E-state index in [2.05, 4.69) is 43.8 Å². The van der Waals surface area contributed by atoms with Crippen LogP contribution in [-0.2, 0) is 0 Å². The summed E-state index contributed by atoms with van der Waals surface area (Å²) in [5.74, 6) is 0. The van der Waals surface area contributed by atoms with Crippen LogP contribution in [0.4, 0.5) is 5.69 Å². The second kappa shape index (κ2) is 5.53. The summed E-state index contributed by atoms with van der Waals surface area (Å²) in [6.45, 7) is 3.66. The van der Waals surface area contributed by atoms with Gasteiger partial charge in [-0.1, -0.05) is 37.9 Å². The molecule has 0 aliphatic rings. The van der Waals surface area contributed by atoms with Gasteiger partial charge in [-0.3, -0.25) is 0 Å². The molecule has 0 fully saturated rings. The maximum absolute atomic E-state index is 8.97. The van der Waals surface area contributed by atoms with Gasteiger partial charge in [-0.15, -0.1) is 6.58 Å². The number of hydrogen-bond acceptors (Lipinski definition) is 2. The Kier molecular flexibility index (Phi) is 4.65. The fourth-order valence-electron chi connectivity index (χ4n) is 1.03. The quantitative estimate of drug-likeness (QED) is 0.835. The average Bonchev–Trinajstić information content (AvgIpc) is 2.12. The lowest BCUT2D eigenvalue weighted by atomic mass is 10.2. The van der Waals surface area contributed by atoms with E-state index in [1.807, 2.05) is 18.2 Å². The van der Waals surface area contributed by atoms with Crippen LogP contribution in [0.5, 0.6) is 0 Å². The van der Waals surface area contributed by atoms with E-state index in [-0.39, 0.29) is 12.6 Å². The number of rotatable bonds is 4. The van der Waals surface area contributed by atoms with Crippen molar-refractivity contribution in [2.45, 2.75) is 6.04 Å². The molecule has 2 N–H and O–H groups in total. The summed E-state index contributed by atoms with van der Waals surface area (Å²) in [5.41, 5.74) is 0.935. The summed E-state index contributed by atoms with van der Waals surface area (Å²) < 4.78 is 1.96. The maximum atomic E-state index is 8.97. The zero-order valence-corrected chi connectivity index (χ0v) is 10.7. The van der Waals surface area contributed by atoms with Gasteiger partial charge in [0, 0.05) is 14.6 Å². The smallest absolute Gasteiger partial charge is 0.0673 e. The monoisotopic (exact) mass is 319 g/mol. The Labute approximate surface area is 100 Å².